The smallest absolute Gasteiger partial charge is 0.305 e. The summed E-state index contributed by atoms with van der Waals surface area (Å²) in [4.78, 5) is 19.1. The van der Waals surface area contributed by atoms with Crippen LogP contribution in [0.4, 0.5) is 4.39 Å². The van der Waals surface area contributed by atoms with Crippen LogP contribution >= 0.6 is 23.2 Å². The molecule has 3 rings (SSSR count). The zero-order chi connectivity index (χ0) is 23.8. The summed E-state index contributed by atoms with van der Waals surface area (Å²) in [5.74, 6) is -0.678. The maximum Gasteiger partial charge on any atom is 0.305 e. The van der Waals surface area contributed by atoms with Gasteiger partial charge in [0.05, 0.1) is 15.8 Å². The van der Waals surface area contributed by atoms with Crippen molar-refractivity contribution in [2.75, 3.05) is 19.7 Å². The lowest BCUT2D eigenvalue weighted by molar-refractivity contribution is -0.147. The average molecular weight is 497 g/mol. The summed E-state index contributed by atoms with van der Waals surface area (Å²) in [6.45, 7) is 2.58. The van der Waals surface area contributed by atoms with E-state index in [1.54, 1.807) is 30.3 Å². The molecule has 0 radical (unpaired) electrons. The van der Waals surface area contributed by atoms with Crippen molar-refractivity contribution in [2.24, 2.45) is 5.16 Å². The summed E-state index contributed by atoms with van der Waals surface area (Å²) in [5, 5.41) is 15.5. The van der Waals surface area contributed by atoms with E-state index in [1.165, 1.54) is 6.07 Å². The van der Waals surface area contributed by atoms with Crippen molar-refractivity contribution in [2.45, 2.75) is 44.9 Å². The molecule has 1 aliphatic heterocycles. The van der Waals surface area contributed by atoms with E-state index in [-0.39, 0.29) is 37.6 Å². The van der Waals surface area contributed by atoms with Crippen LogP contribution in [0.2, 0.25) is 10.0 Å². The first-order valence-electron chi connectivity index (χ1n) is 10.8. The van der Waals surface area contributed by atoms with Gasteiger partial charge in [0.2, 0.25) is 0 Å². The molecule has 2 aromatic rings. The molecule has 9 heteroatoms. The van der Waals surface area contributed by atoms with Crippen molar-refractivity contribution in [1.29, 1.82) is 0 Å². The third-order valence-electron chi connectivity index (χ3n) is 5.16. The summed E-state index contributed by atoms with van der Waals surface area (Å²) in [6.07, 6.45) is 0.281. The summed E-state index contributed by atoms with van der Waals surface area (Å²) >= 11 is 12.1. The van der Waals surface area contributed by atoms with Gasteiger partial charge in [0, 0.05) is 43.6 Å². The minimum Gasteiger partial charge on any atom is -0.463 e. The van der Waals surface area contributed by atoms with Crippen LogP contribution in [-0.4, -0.2) is 53.6 Å². The van der Waals surface area contributed by atoms with Crippen LogP contribution in [0.1, 0.15) is 37.3 Å². The molecular weight excluding hydrogens is 470 g/mol. The molecule has 2 atom stereocenters. The molecule has 1 N–H and O–H groups in total. The number of ether oxygens (including phenoxy) is 1. The topological polar surface area (TPSA) is 71.4 Å². The van der Waals surface area contributed by atoms with Crippen molar-refractivity contribution in [3.63, 3.8) is 0 Å². The van der Waals surface area contributed by atoms with Crippen molar-refractivity contribution in [3.8, 4) is 0 Å². The van der Waals surface area contributed by atoms with E-state index in [9.17, 15) is 14.3 Å². The first-order valence-corrected chi connectivity index (χ1v) is 11.6. The van der Waals surface area contributed by atoms with Crippen LogP contribution in [-0.2, 0) is 20.9 Å². The SMILES string of the molecule is CCCC(=O)OC[C@H](O)CN(Cc1ccccc1F)C[C@H]1CC(c2ccc(Cl)c(Cl)c2)=NO1. The summed E-state index contributed by atoms with van der Waals surface area (Å²) in [6, 6.07) is 11.7. The summed E-state index contributed by atoms with van der Waals surface area (Å²) in [5.41, 5.74) is 2.05. The molecular formula is C24H27Cl2FN2O4. The maximum absolute atomic E-state index is 14.3. The van der Waals surface area contributed by atoms with E-state index >= 15 is 0 Å². The Kier molecular flexibility index (Phi) is 9.50. The number of halogens is 3. The molecule has 0 saturated carbocycles. The number of aliphatic hydroxyl groups is 1. The minimum atomic E-state index is -0.922. The number of rotatable bonds is 11. The highest BCUT2D eigenvalue weighted by Crippen LogP contribution is 2.26. The van der Waals surface area contributed by atoms with Crippen LogP contribution in [0.15, 0.2) is 47.6 Å². The van der Waals surface area contributed by atoms with Gasteiger partial charge in [0.1, 0.15) is 24.6 Å². The van der Waals surface area contributed by atoms with E-state index in [0.717, 1.165) is 11.3 Å². The predicted molar refractivity (Wildman–Crippen MR) is 126 cm³/mol. The number of oxime groups is 1. The minimum absolute atomic E-state index is 0.122. The Balaban J connectivity index is 1.63. The van der Waals surface area contributed by atoms with Crippen LogP contribution in [0, 0.1) is 5.82 Å². The van der Waals surface area contributed by atoms with Crippen molar-refractivity contribution >= 4 is 34.9 Å². The fraction of sp³-hybridized carbons (Fsp3) is 0.417. The maximum atomic E-state index is 14.3. The molecule has 0 unspecified atom stereocenters. The molecule has 0 fully saturated rings. The lowest BCUT2D eigenvalue weighted by atomic mass is 10.0. The third kappa shape index (κ3) is 7.67. The van der Waals surface area contributed by atoms with Gasteiger partial charge in [-0.2, -0.15) is 0 Å². The highest BCUT2D eigenvalue weighted by Gasteiger charge is 2.26. The molecule has 6 nitrogen and oxygen atoms in total. The van der Waals surface area contributed by atoms with Gasteiger partial charge >= 0.3 is 5.97 Å². The Morgan fingerprint density at radius 3 is 2.82 bits per heavy atom. The molecule has 0 bridgehead atoms. The Morgan fingerprint density at radius 2 is 2.09 bits per heavy atom. The monoisotopic (exact) mass is 496 g/mol. The summed E-state index contributed by atoms with van der Waals surface area (Å²) < 4.78 is 19.4. The zero-order valence-electron chi connectivity index (χ0n) is 18.3. The second-order valence-corrected chi connectivity index (χ2v) is 8.79. The zero-order valence-corrected chi connectivity index (χ0v) is 19.9. The van der Waals surface area contributed by atoms with E-state index < -0.39 is 6.10 Å². The van der Waals surface area contributed by atoms with Gasteiger partial charge in [0.15, 0.2) is 0 Å². The Bertz CT molecular complexity index is 989. The number of carbonyl (C=O) groups is 1. The van der Waals surface area contributed by atoms with Crippen LogP contribution in [0.5, 0.6) is 0 Å². The van der Waals surface area contributed by atoms with Gasteiger partial charge in [0.25, 0.3) is 0 Å². The molecule has 0 saturated heterocycles. The number of carbonyl (C=O) groups excluding carboxylic acids is 1. The lowest BCUT2D eigenvalue weighted by Crippen LogP contribution is -2.39. The fourth-order valence-corrected chi connectivity index (χ4v) is 3.85. The standard InChI is InChI=1S/C24H27Cl2FN2O4/c1-2-5-24(31)32-15-18(30)13-29(12-17-6-3-4-7-22(17)27)14-19-11-23(28-33-19)16-8-9-20(25)21(26)10-16/h3-4,6-10,18-19,30H,2,5,11-15H2,1H3/t18-,19-/m1/s1. The van der Waals surface area contributed by atoms with E-state index in [1.807, 2.05) is 17.9 Å². The Labute approximate surface area is 202 Å². The van der Waals surface area contributed by atoms with Gasteiger partial charge < -0.3 is 14.7 Å². The molecule has 2 aromatic carbocycles. The highest BCUT2D eigenvalue weighted by atomic mass is 35.5. The van der Waals surface area contributed by atoms with Crippen molar-refractivity contribution < 1.29 is 23.9 Å². The average Bonchev–Trinajstić information content (AvgIpc) is 3.24. The normalized spacial score (nSPS) is 16.4. The van der Waals surface area contributed by atoms with Crippen molar-refractivity contribution in [1.82, 2.24) is 4.90 Å². The quantitative estimate of drug-likeness (QED) is 0.451. The van der Waals surface area contributed by atoms with E-state index in [2.05, 4.69) is 5.16 Å². The number of esters is 1. The molecule has 1 aliphatic rings. The number of benzene rings is 2. The highest BCUT2D eigenvalue weighted by molar-refractivity contribution is 6.42. The van der Waals surface area contributed by atoms with Crippen LogP contribution in [0.3, 0.4) is 0 Å². The molecule has 0 spiro atoms. The Morgan fingerprint density at radius 1 is 1.30 bits per heavy atom. The van der Waals surface area contributed by atoms with Gasteiger partial charge in [-0.05, 0) is 24.6 Å². The lowest BCUT2D eigenvalue weighted by Gasteiger charge is -2.27. The van der Waals surface area contributed by atoms with Crippen LogP contribution < -0.4 is 0 Å². The van der Waals surface area contributed by atoms with Gasteiger partial charge in [-0.1, -0.05) is 59.5 Å². The predicted octanol–water partition coefficient (Wildman–Crippen LogP) is 4.83. The summed E-state index contributed by atoms with van der Waals surface area (Å²) in [7, 11) is 0. The molecule has 0 amide bonds. The molecule has 0 aliphatic carbocycles. The molecule has 0 aromatic heterocycles. The van der Waals surface area contributed by atoms with E-state index in [4.69, 9.17) is 32.8 Å². The third-order valence-corrected chi connectivity index (χ3v) is 5.90. The molecule has 1 heterocycles. The Hall–Kier alpha value is -2.19. The van der Waals surface area contributed by atoms with Gasteiger partial charge in [-0.25, -0.2) is 4.39 Å². The fourth-order valence-electron chi connectivity index (χ4n) is 3.55. The number of aliphatic hydroxyl groups excluding tert-OH is 1. The molecule has 33 heavy (non-hydrogen) atoms. The first-order chi connectivity index (χ1) is 15.9. The molecule has 178 valence electrons. The number of hydrogen-bond donors (Lipinski definition) is 1. The first kappa shape index (κ1) is 25.4. The second-order valence-electron chi connectivity index (χ2n) is 7.97. The van der Waals surface area contributed by atoms with Crippen LogP contribution in [0.25, 0.3) is 0 Å². The van der Waals surface area contributed by atoms with Crippen molar-refractivity contribution in [3.05, 3.63) is 69.5 Å². The van der Waals surface area contributed by atoms with Gasteiger partial charge in [-0.3, -0.25) is 9.69 Å². The second kappa shape index (κ2) is 12.3. The largest absolute Gasteiger partial charge is 0.463 e. The number of hydrogen-bond acceptors (Lipinski definition) is 6. The van der Waals surface area contributed by atoms with E-state index in [0.29, 0.717) is 41.4 Å². The van der Waals surface area contributed by atoms with Gasteiger partial charge in [-0.15, -0.1) is 0 Å². The number of nitrogens with zero attached hydrogens (tertiary/aromatic N) is 2.